The van der Waals surface area contributed by atoms with E-state index < -0.39 is 0 Å². The van der Waals surface area contributed by atoms with E-state index in [0.717, 1.165) is 5.56 Å². The fourth-order valence-corrected chi connectivity index (χ4v) is 2.60. The molecule has 134 valence electrons. The second-order valence-corrected chi connectivity index (χ2v) is 6.73. The molecule has 0 saturated heterocycles. The number of carbonyl (C=O) groups excluding carboxylic acids is 2. The number of amides is 1. The SMILES string of the molecule is Cc1ccc(C(=O)CCC(=O)Nc2ccc3oc(C(C)C)nc3c2)cc1. The lowest BCUT2D eigenvalue weighted by Crippen LogP contribution is -2.13. The molecule has 1 heterocycles. The van der Waals surface area contributed by atoms with Crippen LogP contribution in [0.5, 0.6) is 0 Å². The second-order valence-electron chi connectivity index (χ2n) is 6.73. The summed E-state index contributed by atoms with van der Waals surface area (Å²) >= 11 is 0. The third-order valence-electron chi connectivity index (χ3n) is 4.13. The number of fused-ring (bicyclic) bond motifs is 1. The van der Waals surface area contributed by atoms with Gasteiger partial charge in [0.25, 0.3) is 0 Å². The molecular weight excluding hydrogens is 328 g/mol. The lowest BCUT2D eigenvalue weighted by Gasteiger charge is -2.05. The van der Waals surface area contributed by atoms with Crippen molar-refractivity contribution in [3.8, 4) is 0 Å². The summed E-state index contributed by atoms with van der Waals surface area (Å²) < 4.78 is 5.66. The predicted molar refractivity (Wildman–Crippen MR) is 101 cm³/mol. The number of rotatable bonds is 6. The van der Waals surface area contributed by atoms with Gasteiger partial charge in [-0.2, -0.15) is 0 Å². The molecule has 0 aliphatic carbocycles. The molecule has 0 fully saturated rings. The fraction of sp³-hybridized carbons (Fsp3) is 0.286. The van der Waals surface area contributed by atoms with Crippen molar-refractivity contribution >= 4 is 28.5 Å². The minimum atomic E-state index is -0.197. The molecular formula is C21H22N2O3. The van der Waals surface area contributed by atoms with Crippen LogP contribution in [-0.2, 0) is 4.79 Å². The number of hydrogen-bond acceptors (Lipinski definition) is 4. The number of ketones is 1. The van der Waals surface area contributed by atoms with Crippen LogP contribution in [0.15, 0.2) is 46.9 Å². The molecule has 26 heavy (non-hydrogen) atoms. The summed E-state index contributed by atoms with van der Waals surface area (Å²) in [6, 6.07) is 12.7. The zero-order valence-corrected chi connectivity index (χ0v) is 15.2. The molecule has 1 N–H and O–H groups in total. The molecule has 0 unspecified atom stereocenters. The highest BCUT2D eigenvalue weighted by Crippen LogP contribution is 2.23. The van der Waals surface area contributed by atoms with Crippen molar-refractivity contribution in [3.63, 3.8) is 0 Å². The Labute approximate surface area is 152 Å². The number of hydrogen-bond donors (Lipinski definition) is 1. The van der Waals surface area contributed by atoms with Gasteiger partial charge >= 0.3 is 0 Å². The number of nitrogens with zero attached hydrogens (tertiary/aromatic N) is 1. The second kappa shape index (κ2) is 7.52. The Morgan fingerprint density at radius 1 is 1.08 bits per heavy atom. The number of Topliss-reactive ketones (excluding diaryl/α,β-unsaturated/α-hetero) is 1. The van der Waals surface area contributed by atoms with Crippen LogP contribution >= 0.6 is 0 Å². The number of benzene rings is 2. The van der Waals surface area contributed by atoms with E-state index in [4.69, 9.17) is 4.42 Å². The maximum atomic E-state index is 12.2. The van der Waals surface area contributed by atoms with Crippen molar-refractivity contribution in [1.29, 1.82) is 0 Å². The minimum absolute atomic E-state index is 0.0336. The maximum absolute atomic E-state index is 12.2. The van der Waals surface area contributed by atoms with Gasteiger partial charge in [0.05, 0.1) is 0 Å². The average molecular weight is 350 g/mol. The first-order valence-corrected chi connectivity index (χ1v) is 8.72. The van der Waals surface area contributed by atoms with Crippen molar-refractivity contribution < 1.29 is 14.0 Å². The lowest BCUT2D eigenvalue weighted by molar-refractivity contribution is -0.116. The van der Waals surface area contributed by atoms with E-state index >= 15 is 0 Å². The highest BCUT2D eigenvalue weighted by molar-refractivity contribution is 6.00. The van der Waals surface area contributed by atoms with Gasteiger partial charge in [-0.05, 0) is 25.1 Å². The Balaban J connectivity index is 1.60. The lowest BCUT2D eigenvalue weighted by atomic mass is 10.0. The number of anilines is 1. The minimum Gasteiger partial charge on any atom is -0.440 e. The van der Waals surface area contributed by atoms with Crippen LogP contribution in [0.25, 0.3) is 11.1 Å². The molecule has 5 heteroatoms. The summed E-state index contributed by atoms with van der Waals surface area (Å²) in [5.41, 5.74) is 3.79. The Morgan fingerprint density at radius 3 is 2.50 bits per heavy atom. The highest BCUT2D eigenvalue weighted by Gasteiger charge is 2.12. The quantitative estimate of drug-likeness (QED) is 0.644. The average Bonchev–Trinajstić information content (AvgIpc) is 3.04. The summed E-state index contributed by atoms with van der Waals surface area (Å²) in [5.74, 6) is 0.645. The van der Waals surface area contributed by atoms with Crippen LogP contribution in [0.3, 0.4) is 0 Å². The molecule has 0 saturated carbocycles. The van der Waals surface area contributed by atoms with Crippen LogP contribution in [0, 0.1) is 6.92 Å². The highest BCUT2D eigenvalue weighted by atomic mass is 16.3. The maximum Gasteiger partial charge on any atom is 0.224 e. The van der Waals surface area contributed by atoms with Gasteiger partial charge in [-0.1, -0.05) is 43.7 Å². The van der Waals surface area contributed by atoms with Crippen molar-refractivity contribution in [2.75, 3.05) is 5.32 Å². The van der Waals surface area contributed by atoms with Gasteiger partial charge in [-0.3, -0.25) is 9.59 Å². The molecule has 0 radical (unpaired) electrons. The summed E-state index contributed by atoms with van der Waals surface area (Å²) in [5, 5.41) is 2.82. The summed E-state index contributed by atoms with van der Waals surface area (Å²) in [6.07, 6.45) is 0.319. The summed E-state index contributed by atoms with van der Waals surface area (Å²) in [7, 11) is 0. The Kier molecular flexibility index (Phi) is 5.16. The van der Waals surface area contributed by atoms with E-state index in [1.807, 2.05) is 32.9 Å². The zero-order valence-electron chi connectivity index (χ0n) is 15.2. The van der Waals surface area contributed by atoms with Crippen LogP contribution < -0.4 is 5.32 Å². The van der Waals surface area contributed by atoms with E-state index in [9.17, 15) is 9.59 Å². The van der Waals surface area contributed by atoms with Gasteiger partial charge in [0, 0.05) is 30.0 Å². The van der Waals surface area contributed by atoms with Crippen LogP contribution in [0.4, 0.5) is 5.69 Å². The fourth-order valence-electron chi connectivity index (χ4n) is 2.60. The van der Waals surface area contributed by atoms with Crippen LogP contribution in [0.1, 0.15) is 54.4 Å². The van der Waals surface area contributed by atoms with Crippen molar-refractivity contribution in [3.05, 3.63) is 59.5 Å². The number of oxazole rings is 1. The van der Waals surface area contributed by atoms with E-state index in [1.165, 1.54) is 0 Å². The Hall–Kier alpha value is -2.95. The molecule has 2 aromatic carbocycles. The molecule has 0 bridgehead atoms. The standard InChI is InChI=1S/C21H22N2O3/c1-13(2)21-23-17-12-16(8-10-19(17)26-21)22-20(25)11-9-18(24)15-6-4-14(3)5-7-15/h4-8,10,12-13H,9,11H2,1-3H3,(H,22,25). The molecule has 1 aromatic heterocycles. The number of carbonyl (C=O) groups is 2. The molecule has 0 aliphatic heterocycles. The molecule has 0 atom stereocenters. The Morgan fingerprint density at radius 2 is 1.81 bits per heavy atom. The first-order chi connectivity index (χ1) is 12.4. The van der Waals surface area contributed by atoms with Gasteiger partial charge in [-0.15, -0.1) is 0 Å². The van der Waals surface area contributed by atoms with Gasteiger partial charge < -0.3 is 9.73 Å². The smallest absolute Gasteiger partial charge is 0.224 e. The molecule has 0 spiro atoms. The first kappa shape index (κ1) is 17.9. The van der Waals surface area contributed by atoms with Crippen molar-refractivity contribution in [2.24, 2.45) is 0 Å². The molecule has 0 aliphatic rings. The monoisotopic (exact) mass is 350 g/mol. The molecule has 1 amide bonds. The molecule has 3 rings (SSSR count). The molecule has 3 aromatic rings. The van der Waals surface area contributed by atoms with Gasteiger partial charge in [-0.25, -0.2) is 4.98 Å². The Bertz CT molecular complexity index is 940. The summed E-state index contributed by atoms with van der Waals surface area (Å²) in [6.45, 7) is 5.99. The predicted octanol–water partition coefficient (Wildman–Crippen LogP) is 4.86. The first-order valence-electron chi connectivity index (χ1n) is 8.72. The van der Waals surface area contributed by atoms with E-state index in [0.29, 0.717) is 28.2 Å². The number of aromatic nitrogens is 1. The largest absolute Gasteiger partial charge is 0.440 e. The topological polar surface area (TPSA) is 72.2 Å². The van der Waals surface area contributed by atoms with Crippen LogP contribution in [0.2, 0.25) is 0 Å². The number of aryl methyl sites for hydroxylation is 1. The molecule has 5 nitrogen and oxygen atoms in total. The van der Waals surface area contributed by atoms with Crippen LogP contribution in [-0.4, -0.2) is 16.7 Å². The van der Waals surface area contributed by atoms with Gasteiger partial charge in [0.1, 0.15) is 5.52 Å². The normalized spacial score (nSPS) is 11.1. The van der Waals surface area contributed by atoms with Crippen molar-refractivity contribution in [2.45, 2.75) is 39.5 Å². The van der Waals surface area contributed by atoms with E-state index in [1.54, 1.807) is 30.3 Å². The third kappa shape index (κ3) is 4.17. The zero-order chi connectivity index (χ0) is 18.7. The third-order valence-corrected chi connectivity index (χ3v) is 4.13. The van der Waals surface area contributed by atoms with Crippen molar-refractivity contribution in [1.82, 2.24) is 4.98 Å². The number of nitrogens with one attached hydrogen (secondary N) is 1. The van der Waals surface area contributed by atoms with Gasteiger partial charge in [0.15, 0.2) is 17.3 Å². The van der Waals surface area contributed by atoms with Gasteiger partial charge in [0.2, 0.25) is 5.91 Å². The summed E-state index contributed by atoms with van der Waals surface area (Å²) in [4.78, 5) is 28.7. The van der Waals surface area contributed by atoms with E-state index in [-0.39, 0.29) is 30.4 Å². The van der Waals surface area contributed by atoms with E-state index in [2.05, 4.69) is 10.3 Å².